The first-order valence-corrected chi connectivity index (χ1v) is 4.79. The van der Waals surface area contributed by atoms with Gasteiger partial charge in [-0.25, -0.2) is 0 Å². The van der Waals surface area contributed by atoms with Gasteiger partial charge in [-0.2, -0.15) is 0 Å². The van der Waals surface area contributed by atoms with Crippen LogP contribution in [0.15, 0.2) is 4.99 Å². The zero-order valence-electron chi connectivity index (χ0n) is 8.05. The second kappa shape index (κ2) is 2.72. The first kappa shape index (κ1) is 8.53. The summed E-state index contributed by atoms with van der Waals surface area (Å²) in [6.45, 7) is 2.05. The SMILES string of the molecule is CCC1(C2CC2)NC(=NC)NC1=O. The Kier molecular flexibility index (Phi) is 1.78. The van der Waals surface area contributed by atoms with E-state index < -0.39 is 0 Å². The number of aliphatic imine (C=N–C) groups is 1. The minimum atomic E-state index is -0.352. The van der Waals surface area contributed by atoms with Crippen LogP contribution in [0.3, 0.4) is 0 Å². The highest BCUT2D eigenvalue weighted by Gasteiger charge is 2.53. The average molecular weight is 181 g/mol. The van der Waals surface area contributed by atoms with Gasteiger partial charge in [0.15, 0.2) is 5.96 Å². The largest absolute Gasteiger partial charge is 0.341 e. The quantitative estimate of drug-likeness (QED) is 0.641. The highest BCUT2D eigenvalue weighted by Crippen LogP contribution is 2.42. The van der Waals surface area contributed by atoms with Gasteiger partial charge in [-0.05, 0) is 25.2 Å². The van der Waals surface area contributed by atoms with Gasteiger partial charge in [-0.1, -0.05) is 6.92 Å². The van der Waals surface area contributed by atoms with E-state index in [1.165, 1.54) is 0 Å². The lowest BCUT2D eigenvalue weighted by atomic mass is 9.90. The van der Waals surface area contributed by atoms with E-state index in [9.17, 15) is 4.79 Å². The fourth-order valence-electron chi connectivity index (χ4n) is 2.03. The van der Waals surface area contributed by atoms with Crippen LogP contribution in [-0.4, -0.2) is 24.5 Å². The van der Waals surface area contributed by atoms with Crippen LogP contribution in [0.1, 0.15) is 26.2 Å². The summed E-state index contributed by atoms with van der Waals surface area (Å²) in [6.07, 6.45) is 3.15. The standard InChI is InChI=1S/C9H15N3O/c1-3-9(6-4-5-6)7(13)11-8(10-2)12-9/h6H,3-5H2,1-2H3,(H2,10,11,12,13). The Hall–Kier alpha value is -1.06. The topological polar surface area (TPSA) is 53.5 Å². The Morgan fingerprint density at radius 1 is 1.62 bits per heavy atom. The molecule has 1 atom stereocenters. The molecule has 2 rings (SSSR count). The molecule has 1 aliphatic heterocycles. The number of amides is 1. The zero-order valence-corrected chi connectivity index (χ0v) is 8.05. The van der Waals surface area contributed by atoms with E-state index in [1.54, 1.807) is 7.05 Å². The number of rotatable bonds is 2. The van der Waals surface area contributed by atoms with E-state index in [4.69, 9.17) is 0 Å². The summed E-state index contributed by atoms with van der Waals surface area (Å²) in [4.78, 5) is 15.7. The van der Waals surface area contributed by atoms with E-state index in [-0.39, 0.29) is 11.4 Å². The molecule has 1 saturated heterocycles. The Morgan fingerprint density at radius 3 is 2.69 bits per heavy atom. The Morgan fingerprint density at radius 2 is 2.31 bits per heavy atom. The summed E-state index contributed by atoms with van der Waals surface area (Å²) in [7, 11) is 1.68. The molecule has 1 saturated carbocycles. The van der Waals surface area contributed by atoms with Crippen molar-refractivity contribution in [1.29, 1.82) is 0 Å². The third-order valence-electron chi connectivity index (χ3n) is 3.03. The van der Waals surface area contributed by atoms with E-state index in [1.807, 2.05) is 6.92 Å². The number of nitrogens with one attached hydrogen (secondary N) is 2. The number of guanidine groups is 1. The molecule has 0 aromatic heterocycles. The molecule has 2 N–H and O–H groups in total. The Bertz CT molecular complexity index is 270. The summed E-state index contributed by atoms with van der Waals surface area (Å²) in [6, 6.07) is 0. The predicted molar refractivity (Wildman–Crippen MR) is 50.4 cm³/mol. The molecule has 0 bridgehead atoms. The molecule has 0 spiro atoms. The zero-order chi connectivity index (χ0) is 9.47. The predicted octanol–water partition coefficient (Wildman–Crippen LogP) is 0.250. The Balaban J connectivity index is 2.25. The molecule has 1 amide bonds. The minimum absolute atomic E-state index is 0.0955. The van der Waals surface area contributed by atoms with Gasteiger partial charge in [0, 0.05) is 7.05 Å². The van der Waals surface area contributed by atoms with Crippen LogP contribution >= 0.6 is 0 Å². The molecule has 4 nitrogen and oxygen atoms in total. The van der Waals surface area contributed by atoms with Crippen LogP contribution in [0.4, 0.5) is 0 Å². The fraction of sp³-hybridized carbons (Fsp3) is 0.778. The maximum Gasteiger partial charge on any atom is 0.252 e. The van der Waals surface area contributed by atoms with Crippen molar-refractivity contribution in [1.82, 2.24) is 10.6 Å². The summed E-state index contributed by atoms with van der Waals surface area (Å²) in [5, 5.41) is 5.97. The van der Waals surface area contributed by atoms with Crippen molar-refractivity contribution in [2.45, 2.75) is 31.7 Å². The van der Waals surface area contributed by atoms with Gasteiger partial charge in [0.1, 0.15) is 5.54 Å². The van der Waals surface area contributed by atoms with E-state index in [2.05, 4.69) is 15.6 Å². The lowest BCUT2D eigenvalue weighted by Crippen LogP contribution is -2.48. The highest BCUT2D eigenvalue weighted by atomic mass is 16.2. The molecular formula is C9H15N3O. The van der Waals surface area contributed by atoms with Crippen molar-refractivity contribution in [3.05, 3.63) is 0 Å². The normalized spacial score (nSPS) is 36.2. The molecule has 0 aromatic carbocycles. The maximum atomic E-state index is 11.7. The molecule has 13 heavy (non-hydrogen) atoms. The van der Waals surface area contributed by atoms with Crippen LogP contribution in [-0.2, 0) is 4.79 Å². The summed E-state index contributed by atoms with van der Waals surface area (Å²) in [5.74, 6) is 1.23. The van der Waals surface area contributed by atoms with Crippen molar-refractivity contribution >= 4 is 11.9 Å². The molecule has 1 heterocycles. The van der Waals surface area contributed by atoms with E-state index in [0.29, 0.717) is 11.9 Å². The molecule has 4 heteroatoms. The molecule has 72 valence electrons. The van der Waals surface area contributed by atoms with Crippen LogP contribution < -0.4 is 10.6 Å². The van der Waals surface area contributed by atoms with Crippen molar-refractivity contribution in [3.63, 3.8) is 0 Å². The van der Waals surface area contributed by atoms with Crippen LogP contribution in [0.2, 0.25) is 0 Å². The van der Waals surface area contributed by atoms with E-state index >= 15 is 0 Å². The smallest absolute Gasteiger partial charge is 0.252 e. The number of hydrogen-bond acceptors (Lipinski definition) is 2. The minimum Gasteiger partial charge on any atom is -0.341 e. The van der Waals surface area contributed by atoms with Crippen LogP contribution in [0, 0.1) is 5.92 Å². The van der Waals surface area contributed by atoms with E-state index in [0.717, 1.165) is 19.3 Å². The van der Waals surface area contributed by atoms with Gasteiger partial charge in [0.05, 0.1) is 0 Å². The molecule has 1 unspecified atom stereocenters. The summed E-state index contributed by atoms with van der Waals surface area (Å²) < 4.78 is 0. The lowest BCUT2D eigenvalue weighted by molar-refractivity contribution is -0.124. The molecular weight excluding hydrogens is 166 g/mol. The van der Waals surface area contributed by atoms with Crippen molar-refractivity contribution in [2.24, 2.45) is 10.9 Å². The lowest BCUT2D eigenvalue weighted by Gasteiger charge is -2.24. The van der Waals surface area contributed by atoms with Gasteiger partial charge >= 0.3 is 0 Å². The second-order valence-electron chi connectivity index (χ2n) is 3.75. The maximum absolute atomic E-state index is 11.7. The Labute approximate surface area is 77.8 Å². The first-order chi connectivity index (χ1) is 6.23. The molecule has 0 aromatic rings. The average Bonchev–Trinajstić information content (AvgIpc) is 2.92. The van der Waals surface area contributed by atoms with Crippen LogP contribution in [0.25, 0.3) is 0 Å². The number of carbonyl (C=O) groups excluding carboxylic acids is 1. The van der Waals surface area contributed by atoms with Gasteiger partial charge in [-0.15, -0.1) is 0 Å². The highest BCUT2D eigenvalue weighted by molar-refractivity contribution is 6.09. The summed E-state index contributed by atoms with van der Waals surface area (Å²) in [5.41, 5.74) is -0.352. The van der Waals surface area contributed by atoms with Crippen LogP contribution in [0.5, 0.6) is 0 Å². The van der Waals surface area contributed by atoms with Crippen molar-refractivity contribution in [3.8, 4) is 0 Å². The number of hydrogen-bond donors (Lipinski definition) is 2. The van der Waals surface area contributed by atoms with Crippen molar-refractivity contribution in [2.75, 3.05) is 7.05 Å². The first-order valence-electron chi connectivity index (χ1n) is 4.79. The van der Waals surface area contributed by atoms with Gasteiger partial charge in [0.2, 0.25) is 0 Å². The molecule has 2 fully saturated rings. The van der Waals surface area contributed by atoms with Crippen molar-refractivity contribution < 1.29 is 4.79 Å². The molecule has 1 aliphatic carbocycles. The third-order valence-corrected chi connectivity index (χ3v) is 3.03. The third kappa shape index (κ3) is 1.12. The second-order valence-corrected chi connectivity index (χ2v) is 3.75. The summed E-state index contributed by atoms with van der Waals surface area (Å²) >= 11 is 0. The van der Waals surface area contributed by atoms with Gasteiger partial charge in [0.25, 0.3) is 5.91 Å². The fourth-order valence-corrected chi connectivity index (χ4v) is 2.03. The monoisotopic (exact) mass is 181 g/mol. The van der Waals surface area contributed by atoms with Gasteiger partial charge in [-0.3, -0.25) is 15.1 Å². The molecule has 0 radical (unpaired) electrons. The molecule has 2 aliphatic rings. The number of nitrogens with zero attached hydrogens (tertiary/aromatic N) is 1. The van der Waals surface area contributed by atoms with Gasteiger partial charge < -0.3 is 5.32 Å². The number of carbonyl (C=O) groups is 1.